The van der Waals surface area contributed by atoms with Crippen LogP contribution in [0.25, 0.3) is 6.08 Å². The van der Waals surface area contributed by atoms with Gasteiger partial charge in [0, 0.05) is 17.7 Å². The number of carbonyl (C=O) groups excluding carboxylic acids is 3. The number of imidazole rings is 1. The standard InChI is InChI=1S/C20H29N3O3.C4H6/c1-7-10-15-13(3)23(14(4)21-15)18(25)16-11-9-12-22(16)19(26)17(24)20(5,6)8-2;1-3-4-2/h7,10,16H,8-9,11-12H2,1-6H3;1-2H3/b10-7-;/t16-;/m0./s1. The highest BCUT2D eigenvalue weighted by Gasteiger charge is 2.42. The van der Waals surface area contributed by atoms with Gasteiger partial charge in [-0.15, -0.1) is 11.8 Å². The van der Waals surface area contributed by atoms with E-state index in [0.717, 1.165) is 17.8 Å². The van der Waals surface area contributed by atoms with Crippen LogP contribution < -0.4 is 0 Å². The van der Waals surface area contributed by atoms with Gasteiger partial charge in [0.1, 0.15) is 11.9 Å². The van der Waals surface area contributed by atoms with Crippen molar-refractivity contribution in [2.45, 2.75) is 80.7 Å². The van der Waals surface area contributed by atoms with Crippen molar-refractivity contribution < 1.29 is 14.4 Å². The normalized spacial score (nSPS) is 16.0. The molecule has 1 fully saturated rings. The smallest absolute Gasteiger partial charge is 0.291 e. The maximum Gasteiger partial charge on any atom is 0.291 e. The second-order valence-corrected chi connectivity index (χ2v) is 8.03. The number of amides is 1. The molecule has 1 aromatic rings. The number of carbonyl (C=O) groups is 3. The summed E-state index contributed by atoms with van der Waals surface area (Å²) in [5.41, 5.74) is 0.787. The van der Waals surface area contributed by atoms with E-state index in [1.165, 1.54) is 4.90 Å². The summed E-state index contributed by atoms with van der Waals surface area (Å²) in [5, 5.41) is 0. The number of nitrogens with zero attached hydrogens (tertiary/aromatic N) is 3. The fourth-order valence-corrected chi connectivity index (χ4v) is 3.30. The number of Topliss-reactive ketones (excluding diaryl/α,β-unsaturated/α-hetero) is 1. The van der Waals surface area contributed by atoms with Crippen LogP contribution in [0.1, 0.15) is 82.8 Å². The molecule has 0 radical (unpaired) electrons. The predicted octanol–water partition coefficient (Wildman–Crippen LogP) is 4.20. The van der Waals surface area contributed by atoms with Crippen LogP contribution in [0.2, 0.25) is 0 Å². The molecule has 1 saturated heterocycles. The van der Waals surface area contributed by atoms with Crippen LogP contribution in [0.5, 0.6) is 0 Å². The Kier molecular flexibility index (Phi) is 9.22. The van der Waals surface area contributed by atoms with Crippen molar-refractivity contribution in [3.05, 3.63) is 23.3 Å². The van der Waals surface area contributed by atoms with Crippen molar-refractivity contribution in [2.24, 2.45) is 5.41 Å². The Morgan fingerprint density at radius 1 is 1.20 bits per heavy atom. The number of aromatic nitrogens is 2. The predicted molar refractivity (Wildman–Crippen MR) is 120 cm³/mol. The molecule has 0 spiro atoms. The van der Waals surface area contributed by atoms with Gasteiger partial charge in [0.15, 0.2) is 0 Å². The van der Waals surface area contributed by atoms with Crippen molar-refractivity contribution in [3.8, 4) is 11.8 Å². The molecule has 0 N–H and O–H groups in total. The van der Waals surface area contributed by atoms with Gasteiger partial charge in [0.25, 0.3) is 11.8 Å². The first-order valence-corrected chi connectivity index (χ1v) is 10.5. The van der Waals surface area contributed by atoms with Crippen LogP contribution in [-0.4, -0.2) is 44.6 Å². The van der Waals surface area contributed by atoms with Crippen molar-refractivity contribution in [2.75, 3.05) is 6.54 Å². The molecular weight excluding hydrogens is 378 g/mol. The zero-order valence-electron chi connectivity index (χ0n) is 19.6. The van der Waals surface area contributed by atoms with E-state index in [-0.39, 0.29) is 5.91 Å². The Morgan fingerprint density at radius 2 is 1.80 bits per heavy atom. The maximum atomic E-state index is 13.2. The summed E-state index contributed by atoms with van der Waals surface area (Å²) in [7, 11) is 0. The molecule has 2 heterocycles. The van der Waals surface area contributed by atoms with Gasteiger partial charge >= 0.3 is 0 Å². The molecule has 2 rings (SSSR count). The molecule has 1 atom stereocenters. The van der Waals surface area contributed by atoms with Crippen molar-refractivity contribution in [3.63, 3.8) is 0 Å². The van der Waals surface area contributed by atoms with Crippen LogP contribution in [-0.2, 0) is 9.59 Å². The summed E-state index contributed by atoms with van der Waals surface area (Å²) in [6.45, 7) is 15.0. The summed E-state index contributed by atoms with van der Waals surface area (Å²) in [6, 6.07) is -0.607. The monoisotopic (exact) mass is 413 g/mol. The van der Waals surface area contributed by atoms with Crippen LogP contribution in [0.15, 0.2) is 6.08 Å². The first kappa shape index (κ1) is 25.4. The van der Waals surface area contributed by atoms with Gasteiger partial charge in [-0.2, -0.15) is 0 Å². The van der Waals surface area contributed by atoms with E-state index < -0.39 is 23.1 Å². The summed E-state index contributed by atoms with van der Waals surface area (Å²) >= 11 is 0. The molecule has 0 unspecified atom stereocenters. The topological polar surface area (TPSA) is 72.3 Å². The Bertz CT molecular complexity index is 875. The van der Waals surface area contributed by atoms with Crippen molar-refractivity contribution in [1.29, 1.82) is 0 Å². The third-order valence-electron chi connectivity index (χ3n) is 5.60. The molecule has 30 heavy (non-hydrogen) atoms. The molecule has 0 saturated carbocycles. The van der Waals surface area contributed by atoms with E-state index in [1.54, 1.807) is 25.3 Å². The maximum absolute atomic E-state index is 13.2. The van der Waals surface area contributed by atoms with Gasteiger partial charge in [-0.25, -0.2) is 4.98 Å². The van der Waals surface area contributed by atoms with Crippen LogP contribution in [0.4, 0.5) is 0 Å². The van der Waals surface area contributed by atoms with Gasteiger partial charge in [-0.05, 0) is 60.0 Å². The zero-order valence-corrected chi connectivity index (χ0v) is 19.6. The van der Waals surface area contributed by atoms with E-state index in [4.69, 9.17) is 0 Å². The van der Waals surface area contributed by atoms with Gasteiger partial charge in [0.05, 0.1) is 5.69 Å². The second-order valence-electron chi connectivity index (χ2n) is 8.03. The molecule has 164 valence electrons. The first-order valence-electron chi connectivity index (χ1n) is 10.5. The lowest BCUT2D eigenvalue weighted by Gasteiger charge is -2.28. The van der Waals surface area contributed by atoms with Crippen molar-refractivity contribution in [1.82, 2.24) is 14.5 Å². The Balaban J connectivity index is 0.00000103. The summed E-state index contributed by atoms with van der Waals surface area (Å²) < 4.78 is 1.57. The molecule has 1 amide bonds. The molecule has 1 aromatic heterocycles. The van der Waals surface area contributed by atoms with Crippen LogP contribution >= 0.6 is 0 Å². The largest absolute Gasteiger partial charge is 0.324 e. The molecule has 6 nitrogen and oxygen atoms in total. The minimum absolute atomic E-state index is 0.184. The molecule has 6 heteroatoms. The van der Waals surface area contributed by atoms with Crippen LogP contribution in [0, 0.1) is 31.1 Å². The lowest BCUT2D eigenvalue weighted by Crippen LogP contribution is -2.48. The lowest BCUT2D eigenvalue weighted by atomic mass is 9.84. The summed E-state index contributed by atoms with van der Waals surface area (Å²) in [6.07, 6.45) is 5.60. The molecule has 0 bridgehead atoms. The van der Waals surface area contributed by atoms with Crippen LogP contribution in [0.3, 0.4) is 0 Å². The van der Waals surface area contributed by atoms with Gasteiger partial charge in [0.2, 0.25) is 5.78 Å². The highest BCUT2D eigenvalue weighted by Crippen LogP contribution is 2.27. The molecule has 1 aliphatic rings. The van der Waals surface area contributed by atoms with E-state index in [2.05, 4.69) is 16.8 Å². The average Bonchev–Trinajstić information content (AvgIpc) is 3.32. The molecular formula is C24H35N3O3. The fraction of sp³-hybridized carbons (Fsp3) is 0.583. The van der Waals surface area contributed by atoms with E-state index >= 15 is 0 Å². The molecule has 0 aromatic carbocycles. The third kappa shape index (κ3) is 5.47. The SMILES string of the molecule is C/C=C\c1nc(C)n(C(=O)[C@@H]2CCCN2C(=O)C(=O)C(C)(C)CC)c1C.CC#CC. The Labute approximate surface area is 180 Å². The summed E-state index contributed by atoms with van der Waals surface area (Å²) in [4.78, 5) is 44.4. The van der Waals surface area contributed by atoms with Gasteiger partial charge in [-0.3, -0.25) is 19.0 Å². The number of likely N-dealkylation sites (tertiary alicyclic amines) is 1. The number of aryl methyl sites for hydroxylation is 1. The minimum atomic E-state index is -0.715. The average molecular weight is 414 g/mol. The molecule has 1 aliphatic heterocycles. The Hall–Kier alpha value is -2.68. The number of hydrogen-bond donors (Lipinski definition) is 0. The van der Waals surface area contributed by atoms with Crippen molar-refractivity contribution >= 4 is 23.7 Å². The summed E-state index contributed by atoms with van der Waals surface area (Å²) in [5.74, 6) is 4.81. The zero-order chi connectivity index (χ0) is 23.1. The Morgan fingerprint density at radius 3 is 2.30 bits per heavy atom. The third-order valence-corrected chi connectivity index (χ3v) is 5.60. The lowest BCUT2D eigenvalue weighted by molar-refractivity contribution is -0.149. The number of allylic oxidation sites excluding steroid dienone is 1. The van der Waals surface area contributed by atoms with Gasteiger partial charge in [-0.1, -0.05) is 26.8 Å². The minimum Gasteiger partial charge on any atom is -0.324 e. The van der Waals surface area contributed by atoms with Gasteiger partial charge < -0.3 is 4.90 Å². The molecule has 0 aliphatic carbocycles. The van der Waals surface area contributed by atoms with E-state index in [1.807, 2.05) is 46.8 Å². The van der Waals surface area contributed by atoms with E-state index in [0.29, 0.717) is 25.2 Å². The number of ketones is 1. The highest BCUT2D eigenvalue weighted by atomic mass is 16.2. The number of hydrogen-bond acceptors (Lipinski definition) is 4. The van der Waals surface area contributed by atoms with E-state index in [9.17, 15) is 14.4 Å². The quantitative estimate of drug-likeness (QED) is 0.536. The second kappa shape index (κ2) is 10.9. The number of rotatable bonds is 5. The first-order chi connectivity index (χ1) is 14.1. The fourth-order valence-electron chi connectivity index (χ4n) is 3.30. The highest BCUT2D eigenvalue weighted by molar-refractivity contribution is 6.38.